The number of benzene rings is 1. The summed E-state index contributed by atoms with van der Waals surface area (Å²) in [5.74, 6) is 0.552. The molecule has 0 bridgehead atoms. The highest BCUT2D eigenvalue weighted by Crippen LogP contribution is 2.38. The number of nitrogens with zero attached hydrogens (tertiary/aromatic N) is 1. The summed E-state index contributed by atoms with van der Waals surface area (Å²) < 4.78 is 11.7. The molecule has 1 aliphatic rings. The lowest BCUT2D eigenvalue weighted by Crippen LogP contribution is -2.01. The van der Waals surface area contributed by atoms with Gasteiger partial charge in [0.25, 0.3) is 0 Å². The average Bonchev–Trinajstić information content (AvgIpc) is 3.11. The monoisotopic (exact) mass is 337 g/mol. The van der Waals surface area contributed by atoms with Crippen LogP contribution in [0.3, 0.4) is 0 Å². The number of rotatable bonds is 5. The summed E-state index contributed by atoms with van der Waals surface area (Å²) in [5, 5.41) is 12.4. The minimum Gasteiger partial charge on any atom is -0.491 e. The fraction of sp³-hybridized carbons (Fsp3) is 0.286. The Morgan fingerprint density at radius 1 is 1.50 bits per heavy atom. The molecule has 0 atom stereocenters. The van der Waals surface area contributed by atoms with E-state index in [1.165, 1.54) is 18.9 Å². The topological polar surface area (TPSA) is 72.6 Å². The number of hydrogen-bond acceptors (Lipinski definition) is 4. The van der Waals surface area contributed by atoms with Crippen molar-refractivity contribution < 1.29 is 19.2 Å². The zero-order valence-corrected chi connectivity index (χ0v) is 12.1. The number of carbonyl (C=O) groups is 1. The average molecular weight is 338 g/mol. The predicted molar refractivity (Wildman–Crippen MR) is 74.8 cm³/mol. The lowest BCUT2D eigenvalue weighted by atomic mass is 10.1. The van der Waals surface area contributed by atoms with Crippen molar-refractivity contribution in [1.29, 1.82) is 0 Å². The van der Waals surface area contributed by atoms with Crippen molar-refractivity contribution in [2.45, 2.75) is 12.8 Å². The van der Waals surface area contributed by atoms with E-state index in [1.807, 2.05) is 18.2 Å². The first kappa shape index (κ1) is 13.2. The molecule has 5 nitrogen and oxygen atoms in total. The molecule has 1 fully saturated rings. The maximum absolute atomic E-state index is 10.9. The van der Waals surface area contributed by atoms with Gasteiger partial charge in [0.1, 0.15) is 5.75 Å². The number of hydrogen-bond donors (Lipinski definition) is 1. The van der Waals surface area contributed by atoms with E-state index in [-0.39, 0.29) is 5.69 Å². The van der Waals surface area contributed by atoms with Gasteiger partial charge in [-0.15, -0.1) is 0 Å². The number of ether oxygens (including phenoxy) is 1. The smallest absolute Gasteiger partial charge is 0.358 e. The zero-order chi connectivity index (χ0) is 14.1. The number of carboxylic acids is 1. The molecule has 0 spiro atoms. The molecule has 0 aliphatic heterocycles. The van der Waals surface area contributed by atoms with Crippen LogP contribution in [0.5, 0.6) is 5.75 Å². The van der Waals surface area contributed by atoms with Crippen molar-refractivity contribution in [2.24, 2.45) is 5.92 Å². The second-order valence-electron chi connectivity index (χ2n) is 4.75. The second-order valence-corrected chi connectivity index (χ2v) is 5.61. The fourth-order valence-corrected chi connectivity index (χ4v) is 2.32. The van der Waals surface area contributed by atoms with Crippen LogP contribution in [0, 0.1) is 5.92 Å². The molecule has 6 heteroatoms. The van der Waals surface area contributed by atoms with Crippen molar-refractivity contribution in [3.8, 4) is 17.1 Å². The minimum atomic E-state index is -1.12. The molecule has 0 saturated heterocycles. The van der Waals surface area contributed by atoms with Gasteiger partial charge in [0.15, 0.2) is 11.5 Å². The molecule has 1 aliphatic carbocycles. The lowest BCUT2D eigenvalue weighted by Gasteiger charge is -2.11. The summed E-state index contributed by atoms with van der Waals surface area (Å²) in [5.41, 5.74) is 0.577. The number of aromatic nitrogens is 1. The molecule has 1 N–H and O–H groups in total. The van der Waals surface area contributed by atoms with Gasteiger partial charge in [0.05, 0.1) is 16.6 Å². The molecule has 1 saturated carbocycles. The minimum absolute atomic E-state index is 0.117. The Morgan fingerprint density at radius 2 is 2.30 bits per heavy atom. The SMILES string of the molecule is O=C(O)c1cc(-c2cccc(Br)c2OCC2CC2)on1. The Labute approximate surface area is 123 Å². The van der Waals surface area contributed by atoms with Gasteiger partial charge < -0.3 is 14.4 Å². The molecule has 0 unspecified atom stereocenters. The quantitative estimate of drug-likeness (QED) is 0.902. The Bertz CT molecular complexity index is 648. The first-order chi connectivity index (χ1) is 9.65. The van der Waals surface area contributed by atoms with Crippen molar-refractivity contribution in [2.75, 3.05) is 6.61 Å². The summed E-state index contributed by atoms with van der Waals surface area (Å²) in [7, 11) is 0. The first-order valence-corrected chi connectivity index (χ1v) is 7.06. The van der Waals surface area contributed by atoms with Gasteiger partial charge >= 0.3 is 5.97 Å². The standard InChI is InChI=1S/C14H12BrNO4/c15-10-3-1-2-9(13(10)19-7-8-4-5-8)12-6-11(14(17)18)16-20-12/h1-3,6,8H,4-5,7H2,(H,17,18). The van der Waals surface area contributed by atoms with Gasteiger partial charge in [-0.3, -0.25) is 0 Å². The maximum Gasteiger partial charge on any atom is 0.358 e. The number of carboxylic acid groups (broad SMARTS) is 1. The number of halogens is 1. The van der Waals surface area contributed by atoms with Gasteiger partial charge in [0, 0.05) is 6.07 Å². The highest BCUT2D eigenvalue weighted by atomic mass is 79.9. The van der Waals surface area contributed by atoms with Gasteiger partial charge in [-0.1, -0.05) is 11.2 Å². The third-order valence-electron chi connectivity index (χ3n) is 3.12. The largest absolute Gasteiger partial charge is 0.491 e. The first-order valence-electron chi connectivity index (χ1n) is 6.27. The highest BCUT2D eigenvalue weighted by Gasteiger charge is 2.24. The zero-order valence-electron chi connectivity index (χ0n) is 10.5. The van der Waals surface area contributed by atoms with Crippen molar-refractivity contribution in [1.82, 2.24) is 5.16 Å². The molecule has 0 radical (unpaired) electrons. The summed E-state index contributed by atoms with van der Waals surface area (Å²) in [6.07, 6.45) is 2.40. The number of aromatic carboxylic acids is 1. The van der Waals surface area contributed by atoms with Crippen molar-refractivity contribution in [3.05, 3.63) is 34.4 Å². The molecule has 1 aromatic carbocycles. The Morgan fingerprint density at radius 3 is 2.95 bits per heavy atom. The highest BCUT2D eigenvalue weighted by molar-refractivity contribution is 9.10. The van der Waals surface area contributed by atoms with E-state index in [1.54, 1.807) is 0 Å². The molecule has 1 aromatic heterocycles. The van der Waals surface area contributed by atoms with Crippen LogP contribution in [0.15, 0.2) is 33.3 Å². The van der Waals surface area contributed by atoms with Gasteiger partial charge in [-0.2, -0.15) is 0 Å². The molecular formula is C14H12BrNO4. The van der Waals surface area contributed by atoms with Crippen LogP contribution in [0.25, 0.3) is 11.3 Å². The third-order valence-corrected chi connectivity index (χ3v) is 3.75. The van der Waals surface area contributed by atoms with E-state index in [0.717, 1.165) is 4.47 Å². The summed E-state index contributed by atoms with van der Waals surface area (Å²) >= 11 is 3.45. The van der Waals surface area contributed by atoms with Crippen molar-refractivity contribution >= 4 is 21.9 Å². The summed E-state index contributed by atoms with van der Waals surface area (Å²) in [4.78, 5) is 10.9. The second kappa shape index (κ2) is 5.28. The Hall–Kier alpha value is -1.82. The van der Waals surface area contributed by atoms with Crippen molar-refractivity contribution in [3.63, 3.8) is 0 Å². The summed E-state index contributed by atoms with van der Waals surface area (Å²) in [6, 6.07) is 6.93. The van der Waals surface area contributed by atoms with E-state index < -0.39 is 5.97 Å². The Balaban J connectivity index is 1.93. The molecule has 104 valence electrons. The van der Waals surface area contributed by atoms with E-state index in [2.05, 4.69) is 21.1 Å². The van der Waals surface area contributed by atoms with Crippen LogP contribution >= 0.6 is 15.9 Å². The van der Waals surface area contributed by atoms with E-state index in [4.69, 9.17) is 14.4 Å². The van der Waals surface area contributed by atoms with Crippen LogP contribution in [-0.4, -0.2) is 22.8 Å². The normalized spacial score (nSPS) is 14.2. The van der Waals surface area contributed by atoms with Gasteiger partial charge in [0.2, 0.25) is 0 Å². The lowest BCUT2D eigenvalue weighted by molar-refractivity contribution is 0.0686. The van der Waals surface area contributed by atoms with Crippen LogP contribution in [-0.2, 0) is 0 Å². The van der Waals surface area contributed by atoms with Gasteiger partial charge in [-0.05, 0) is 46.8 Å². The predicted octanol–water partition coefficient (Wildman–Crippen LogP) is 3.59. The third kappa shape index (κ3) is 2.70. The maximum atomic E-state index is 10.9. The van der Waals surface area contributed by atoms with Gasteiger partial charge in [-0.25, -0.2) is 4.79 Å². The summed E-state index contributed by atoms with van der Waals surface area (Å²) in [6.45, 7) is 0.662. The van der Waals surface area contributed by atoms with E-state index >= 15 is 0 Å². The molecule has 3 rings (SSSR count). The van der Waals surface area contributed by atoms with Crippen LogP contribution < -0.4 is 4.74 Å². The molecular weight excluding hydrogens is 326 g/mol. The Kier molecular flexibility index (Phi) is 3.48. The van der Waals surface area contributed by atoms with E-state index in [9.17, 15) is 4.79 Å². The molecule has 0 amide bonds. The molecule has 20 heavy (non-hydrogen) atoms. The molecule has 2 aromatic rings. The van der Waals surface area contributed by atoms with Crippen LogP contribution in [0.1, 0.15) is 23.3 Å². The van der Waals surface area contributed by atoms with Crippen LogP contribution in [0.2, 0.25) is 0 Å². The fourth-order valence-electron chi connectivity index (χ4n) is 1.84. The molecule has 1 heterocycles. The number of para-hydroxylation sites is 1. The van der Waals surface area contributed by atoms with Crippen LogP contribution in [0.4, 0.5) is 0 Å². The van der Waals surface area contributed by atoms with E-state index in [0.29, 0.717) is 29.6 Å².